The van der Waals surface area contributed by atoms with E-state index in [0.717, 1.165) is 12.3 Å². The summed E-state index contributed by atoms with van der Waals surface area (Å²) in [6.45, 7) is 2.45. The molecule has 1 aliphatic rings. The van der Waals surface area contributed by atoms with E-state index < -0.39 is 0 Å². The third-order valence-electron chi connectivity index (χ3n) is 3.10. The van der Waals surface area contributed by atoms with E-state index in [0.29, 0.717) is 12.5 Å². The van der Waals surface area contributed by atoms with Gasteiger partial charge in [-0.05, 0) is 43.6 Å². The molecular formula is C13H18O. The van der Waals surface area contributed by atoms with Gasteiger partial charge in [0.15, 0.2) is 0 Å². The zero-order valence-corrected chi connectivity index (χ0v) is 8.74. The minimum Gasteiger partial charge on any atom is -0.396 e. The summed E-state index contributed by atoms with van der Waals surface area (Å²) in [5, 5.41) is 9.04. The SMILES string of the molecule is Cc1cccc(C(CCO)C2CC2)c1. The summed E-state index contributed by atoms with van der Waals surface area (Å²) < 4.78 is 0. The molecule has 0 heterocycles. The second-order valence-electron chi connectivity index (χ2n) is 4.37. The van der Waals surface area contributed by atoms with Crippen molar-refractivity contribution in [2.45, 2.75) is 32.1 Å². The van der Waals surface area contributed by atoms with E-state index in [4.69, 9.17) is 5.11 Å². The summed E-state index contributed by atoms with van der Waals surface area (Å²) in [6.07, 6.45) is 3.62. The minimum absolute atomic E-state index is 0.315. The zero-order valence-electron chi connectivity index (χ0n) is 8.74. The van der Waals surface area contributed by atoms with E-state index in [9.17, 15) is 0 Å². The third-order valence-corrected chi connectivity index (χ3v) is 3.10. The Morgan fingerprint density at radius 2 is 2.21 bits per heavy atom. The maximum atomic E-state index is 9.04. The molecule has 1 fully saturated rings. The molecule has 0 radical (unpaired) electrons. The predicted octanol–water partition coefficient (Wildman–Crippen LogP) is 2.87. The van der Waals surface area contributed by atoms with Gasteiger partial charge in [-0.15, -0.1) is 0 Å². The highest BCUT2D eigenvalue weighted by Gasteiger charge is 2.31. The lowest BCUT2D eigenvalue weighted by Gasteiger charge is -2.15. The smallest absolute Gasteiger partial charge is 0.0436 e. The molecule has 1 N–H and O–H groups in total. The van der Waals surface area contributed by atoms with Crippen molar-refractivity contribution in [3.63, 3.8) is 0 Å². The highest BCUT2D eigenvalue weighted by molar-refractivity contribution is 5.26. The van der Waals surface area contributed by atoms with Crippen LogP contribution in [0.2, 0.25) is 0 Å². The van der Waals surface area contributed by atoms with Crippen LogP contribution < -0.4 is 0 Å². The molecule has 76 valence electrons. The van der Waals surface area contributed by atoms with E-state index in [2.05, 4.69) is 31.2 Å². The van der Waals surface area contributed by atoms with Crippen LogP contribution in [0.15, 0.2) is 24.3 Å². The van der Waals surface area contributed by atoms with Crippen LogP contribution in [-0.2, 0) is 0 Å². The quantitative estimate of drug-likeness (QED) is 0.774. The molecule has 0 aromatic heterocycles. The molecule has 1 aliphatic carbocycles. The van der Waals surface area contributed by atoms with Crippen molar-refractivity contribution < 1.29 is 5.11 Å². The van der Waals surface area contributed by atoms with E-state index in [1.807, 2.05) is 0 Å². The van der Waals surface area contributed by atoms with Gasteiger partial charge in [-0.1, -0.05) is 29.8 Å². The molecule has 1 saturated carbocycles. The van der Waals surface area contributed by atoms with Crippen LogP contribution in [-0.4, -0.2) is 11.7 Å². The average Bonchev–Trinajstić information content (AvgIpc) is 2.97. The van der Waals surface area contributed by atoms with Crippen LogP contribution >= 0.6 is 0 Å². The molecule has 14 heavy (non-hydrogen) atoms. The summed E-state index contributed by atoms with van der Waals surface area (Å²) in [7, 11) is 0. The largest absolute Gasteiger partial charge is 0.396 e. The van der Waals surface area contributed by atoms with Crippen molar-refractivity contribution in [3.8, 4) is 0 Å². The summed E-state index contributed by atoms with van der Waals surface area (Å²) in [5.74, 6) is 1.43. The van der Waals surface area contributed by atoms with E-state index >= 15 is 0 Å². The average molecular weight is 190 g/mol. The van der Waals surface area contributed by atoms with Crippen LogP contribution in [0.4, 0.5) is 0 Å². The summed E-state index contributed by atoms with van der Waals surface area (Å²) in [6, 6.07) is 8.72. The highest BCUT2D eigenvalue weighted by atomic mass is 16.3. The Labute approximate surface area is 85.8 Å². The van der Waals surface area contributed by atoms with Crippen LogP contribution in [0.5, 0.6) is 0 Å². The van der Waals surface area contributed by atoms with Crippen LogP contribution in [0.1, 0.15) is 36.3 Å². The maximum Gasteiger partial charge on any atom is 0.0436 e. The van der Waals surface area contributed by atoms with Gasteiger partial charge in [0.2, 0.25) is 0 Å². The first-order chi connectivity index (χ1) is 6.81. The number of aliphatic hydroxyl groups excluding tert-OH is 1. The van der Waals surface area contributed by atoms with Gasteiger partial charge in [0, 0.05) is 6.61 Å². The highest BCUT2D eigenvalue weighted by Crippen LogP contribution is 2.44. The summed E-state index contributed by atoms with van der Waals surface area (Å²) >= 11 is 0. The normalized spacial score (nSPS) is 18.1. The van der Waals surface area contributed by atoms with Gasteiger partial charge in [-0.3, -0.25) is 0 Å². The maximum absolute atomic E-state index is 9.04. The lowest BCUT2D eigenvalue weighted by Crippen LogP contribution is -2.04. The van der Waals surface area contributed by atoms with Gasteiger partial charge in [0.1, 0.15) is 0 Å². The Kier molecular flexibility index (Phi) is 2.87. The number of aryl methyl sites for hydroxylation is 1. The van der Waals surface area contributed by atoms with Crippen LogP contribution in [0, 0.1) is 12.8 Å². The fourth-order valence-corrected chi connectivity index (χ4v) is 2.21. The topological polar surface area (TPSA) is 20.2 Å². The van der Waals surface area contributed by atoms with Crippen LogP contribution in [0.3, 0.4) is 0 Å². The molecule has 0 spiro atoms. The number of hydrogen-bond donors (Lipinski definition) is 1. The first kappa shape index (κ1) is 9.72. The molecule has 1 heteroatoms. The first-order valence-electron chi connectivity index (χ1n) is 5.48. The Morgan fingerprint density at radius 3 is 2.79 bits per heavy atom. The van der Waals surface area contributed by atoms with E-state index in [1.165, 1.54) is 24.0 Å². The fourth-order valence-electron chi connectivity index (χ4n) is 2.21. The molecular weight excluding hydrogens is 172 g/mol. The van der Waals surface area contributed by atoms with Gasteiger partial charge >= 0.3 is 0 Å². The van der Waals surface area contributed by atoms with Crippen molar-refractivity contribution in [1.29, 1.82) is 0 Å². The van der Waals surface area contributed by atoms with E-state index in [1.54, 1.807) is 0 Å². The monoisotopic (exact) mass is 190 g/mol. The molecule has 0 aliphatic heterocycles. The molecule has 1 aromatic rings. The number of rotatable bonds is 4. The molecule has 1 aromatic carbocycles. The third kappa shape index (κ3) is 2.16. The molecule has 0 bridgehead atoms. The predicted molar refractivity (Wildman–Crippen MR) is 58.3 cm³/mol. The van der Waals surface area contributed by atoms with Crippen molar-refractivity contribution in [3.05, 3.63) is 35.4 Å². The van der Waals surface area contributed by atoms with Gasteiger partial charge in [0.25, 0.3) is 0 Å². The number of hydrogen-bond acceptors (Lipinski definition) is 1. The minimum atomic E-state index is 0.315. The van der Waals surface area contributed by atoms with Gasteiger partial charge < -0.3 is 5.11 Å². The van der Waals surface area contributed by atoms with Crippen molar-refractivity contribution in [1.82, 2.24) is 0 Å². The lowest BCUT2D eigenvalue weighted by atomic mass is 9.90. The standard InChI is InChI=1S/C13H18O/c1-10-3-2-4-12(9-10)13(7-8-14)11-5-6-11/h2-4,9,11,13-14H,5-8H2,1H3. The van der Waals surface area contributed by atoms with Crippen LogP contribution in [0.25, 0.3) is 0 Å². The Hall–Kier alpha value is -0.820. The molecule has 1 atom stereocenters. The molecule has 1 nitrogen and oxygen atoms in total. The Bertz CT molecular complexity index is 302. The number of aliphatic hydroxyl groups is 1. The summed E-state index contributed by atoms with van der Waals surface area (Å²) in [4.78, 5) is 0. The second-order valence-corrected chi connectivity index (χ2v) is 4.37. The van der Waals surface area contributed by atoms with Crippen molar-refractivity contribution in [2.24, 2.45) is 5.92 Å². The molecule has 1 unspecified atom stereocenters. The molecule has 2 rings (SSSR count). The second kappa shape index (κ2) is 4.14. The van der Waals surface area contributed by atoms with Crippen molar-refractivity contribution in [2.75, 3.05) is 6.61 Å². The Balaban J connectivity index is 2.16. The lowest BCUT2D eigenvalue weighted by molar-refractivity contribution is 0.270. The number of benzene rings is 1. The van der Waals surface area contributed by atoms with Crippen molar-refractivity contribution >= 4 is 0 Å². The first-order valence-corrected chi connectivity index (χ1v) is 5.48. The summed E-state index contributed by atoms with van der Waals surface area (Å²) in [5.41, 5.74) is 2.74. The zero-order chi connectivity index (χ0) is 9.97. The molecule has 0 amide bonds. The van der Waals surface area contributed by atoms with Gasteiger partial charge in [-0.2, -0.15) is 0 Å². The van der Waals surface area contributed by atoms with E-state index in [-0.39, 0.29) is 0 Å². The van der Waals surface area contributed by atoms with Gasteiger partial charge in [-0.25, -0.2) is 0 Å². The Morgan fingerprint density at radius 1 is 1.43 bits per heavy atom. The molecule has 0 saturated heterocycles. The van der Waals surface area contributed by atoms with Gasteiger partial charge in [0.05, 0.1) is 0 Å². The fraction of sp³-hybridized carbons (Fsp3) is 0.538.